The number of hydrogen-bond acceptors (Lipinski definition) is 7. The van der Waals surface area contributed by atoms with Crippen molar-refractivity contribution in [2.45, 2.75) is 11.8 Å². The molecule has 0 saturated heterocycles. The normalized spacial score (nSPS) is 14.7. The summed E-state index contributed by atoms with van der Waals surface area (Å²) in [6, 6.07) is 8.52. The Balaban J connectivity index is 1.92. The fraction of sp³-hybridized carbons (Fsp3) is 0.125. The van der Waals surface area contributed by atoms with Gasteiger partial charge >= 0.3 is 0 Å². The van der Waals surface area contributed by atoms with Gasteiger partial charge in [0.2, 0.25) is 10.0 Å². The maximum atomic E-state index is 12.2. The van der Waals surface area contributed by atoms with Crippen molar-refractivity contribution in [3.8, 4) is 0 Å². The van der Waals surface area contributed by atoms with Crippen LogP contribution in [0.4, 0.5) is 17.1 Å². The maximum Gasteiger partial charge on any atom is 0.276 e. The minimum absolute atomic E-state index is 0.0122. The number of nitrogens with one attached hydrogen (secondary N) is 3. The molecule has 11 heteroatoms. The molecule has 27 heavy (non-hydrogen) atoms. The lowest BCUT2D eigenvalue weighted by atomic mass is 10.0. The first-order valence-corrected chi connectivity index (χ1v) is 9.20. The molecule has 2 aromatic carbocycles. The molecule has 0 radical (unpaired) electrons. The zero-order chi connectivity index (χ0) is 19.8. The number of sulfonamides is 1. The van der Waals surface area contributed by atoms with Crippen LogP contribution >= 0.6 is 0 Å². The molecular formula is C16H15N5O5S. The molecule has 0 unspecified atom stereocenters. The monoisotopic (exact) mass is 389 g/mol. The van der Waals surface area contributed by atoms with Crippen LogP contribution in [0.25, 0.3) is 0 Å². The van der Waals surface area contributed by atoms with Crippen LogP contribution in [-0.4, -0.2) is 32.0 Å². The molecule has 1 aliphatic rings. The lowest BCUT2D eigenvalue weighted by Gasteiger charge is -2.06. The van der Waals surface area contributed by atoms with Crippen molar-refractivity contribution in [2.75, 3.05) is 17.8 Å². The van der Waals surface area contributed by atoms with Crippen LogP contribution in [0.2, 0.25) is 0 Å². The first kappa shape index (κ1) is 18.5. The Kier molecular flexibility index (Phi) is 4.64. The van der Waals surface area contributed by atoms with Gasteiger partial charge in [-0.3, -0.25) is 20.3 Å². The zero-order valence-electron chi connectivity index (χ0n) is 14.3. The van der Waals surface area contributed by atoms with Crippen LogP contribution in [0, 0.1) is 17.0 Å². The minimum atomic E-state index is -3.55. The van der Waals surface area contributed by atoms with Crippen LogP contribution in [-0.2, 0) is 14.8 Å². The van der Waals surface area contributed by atoms with E-state index in [1.54, 1.807) is 6.92 Å². The van der Waals surface area contributed by atoms with Gasteiger partial charge in [0, 0.05) is 17.2 Å². The van der Waals surface area contributed by atoms with Gasteiger partial charge in [-0.15, -0.1) is 0 Å². The van der Waals surface area contributed by atoms with Crippen molar-refractivity contribution in [1.82, 2.24) is 4.72 Å². The topological polar surface area (TPSA) is 143 Å². The lowest BCUT2D eigenvalue weighted by molar-refractivity contribution is -0.385. The number of hydrazone groups is 1. The highest BCUT2D eigenvalue weighted by atomic mass is 32.2. The fourth-order valence-electron chi connectivity index (χ4n) is 2.66. The van der Waals surface area contributed by atoms with E-state index in [-0.39, 0.29) is 16.3 Å². The summed E-state index contributed by atoms with van der Waals surface area (Å²) < 4.78 is 25.6. The van der Waals surface area contributed by atoms with Gasteiger partial charge in [0.15, 0.2) is 5.71 Å². The number of carbonyl (C=O) groups is 1. The predicted octanol–water partition coefficient (Wildman–Crippen LogP) is 1.58. The molecule has 1 amide bonds. The van der Waals surface area contributed by atoms with E-state index in [9.17, 15) is 23.3 Å². The first-order valence-electron chi connectivity index (χ1n) is 7.71. The van der Waals surface area contributed by atoms with E-state index in [2.05, 4.69) is 20.6 Å². The van der Waals surface area contributed by atoms with E-state index in [4.69, 9.17) is 0 Å². The number of nitro benzene ring substituents is 1. The standard InChI is InChI=1S/C16H15N5O5S/c1-9-13(21(23)24)8-7-12-14(9)15(16(22)18-12)20-19-10-3-5-11(6-4-10)27(25,26)17-2/h3-8,17,19H,1-2H3,(H,18,20,22). The van der Waals surface area contributed by atoms with Crippen molar-refractivity contribution in [2.24, 2.45) is 5.10 Å². The van der Waals surface area contributed by atoms with Crippen molar-refractivity contribution in [3.63, 3.8) is 0 Å². The summed E-state index contributed by atoms with van der Waals surface area (Å²) >= 11 is 0. The van der Waals surface area contributed by atoms with Gasteiger partial charge < -0.3 is 5.32 Å². The van der Waals surface area contributed by atoms with Gasteiger partial charge in [0.25, 0.3) is 11.6 Å². The highest BCUT2D eigenvalue weighted by molar-refractivity contribution is 7.89. The Bertz CT molecular complexity index is 1080. The highest BCUT2D eigenvalue weighted by Crippen LogP contribution is 2.32. The van der Waals surface area contributed by atoms with Gasteiger partial charge in [-0.2, -0.15) is 5.10 Å². The number of rotatable bonds is 5. The molecule has 0 aromatic heterocycles. The molecule has 1 aliphatic heterocycles. The minimum Gasteiger partial charge on any atom is -0.320 e. The number of amides is 1. The molecule has 0 aliphatic carbocycles. The Morgan fingerprint density at radius 2 is 1.81 bits per heavy atom. The summed E-state index contributed by atoms with van der Waals surface area (Å²) in [6.07, 6.45) is 0. The summed E-state index contributed by atoms with van der Waals surface area (Å²) in [5, 5.41) is 17.8. The third-order valence-corrected chi connectivity index (χ3v) is 5.49. The maximum absolute atomic E-state index is 12.2. The number of fused-ring (bicyclic) bond motifs is 1. The van der Waals surface area contributed by atoms with E-state index in [1.807, 2.05) is 0 Å². The smallest absolute Gasteiger partial charge is 0.276 e. The first-order chi connectivity index (χ1) is 12.7. The van der Waals surface area contributed by atoms with E-state index >= 15 is 0 Å². The number of carbonyl (C=O) groups excluding carboxylic acids is 1. The second-order valence-electron chi connectivity index (χ2n) is 5.65. The van der Waals surface area contributed by atoms with E-state index in [1.165, 1.54) is 43.4 Å². The summed E-state index contributed by atoms with van der Waals surface area (Å²) in [5.41, 5.74) is 4.15. The molecule has 140 valence electrons. The van der Waals surface area contributed by atoms with Gasteiger partial charge in [-0.25, -0.2) is 13.1 Å². The Labute approximate surface area is 154 Å². The molecular weight excluding hydrogens is 374 g/mol. The molecule has 3 N–H and O–H groups in total. The van der Waals surface area contributed by atoms with Crippen LogP contribution in [0.5, 0.6) is 0 Å². The molecule has 2 aromatic rings. The highest BCUT2D eigenvalue weighted by Gasteiger charge is 2.31. The summed E-state index contributed by atoms with van der Waals surface area (Å²) in [6.45, 7) is 1.55. The Morgan fingerprint density at radius 1 is 1.15 bits per heavy atom. The van der Waals surface area contributed by atoms with Crippen molar-refractivity contribution in [1.29, 1.82) is 0 Å². The molecule has 0 atom stereocenters. The van der Waals surface area contributed by atoms with Gasteiger partial charge in [-0.05, 0) is 44.3 Å². The van der Waals surface area contributed by atoms with E-state index in [0.29, 0.717) is 22.5 Å². The van der Waals surface area contributed by atoms with Crippen LogP contribution in [0.15, 0.2) is 46.4 Å². The van der Waals surface area contributed by atoms with E-state index in [0.717, 1.165) is 0 Å². The second kappa shape index (κ2) is 6.78. The number of benzene rings is 2. The largest absolute Gasteiger partial charge is 0.320 e. The molecule has 0 fully saturated rings. The third kappa shape index (κ3) is 3.37. The third-order valence-electron chi connectivity index (χ3n) is 4.06. The Hall–Kier alpha value is -3.31. The zero-order valence-corrected chi connectivity index (χ0v) is 15.1. The molecule has 0 bridgehead atoms. The molecule has 0 spiro atoms. The average molecular weight is 389 g/mol. The van der Waals surface area contributed by atoms with Gasteiger partial charge in [-0.1, -0.05) is 0 Å². The van der Waals surface area contributed by atoms with Crippen LogP contribution < -0.4 is 15.5 Å². The Morgan fingerprint density at radius 3 is 2.41 bits per heavy atom. The van der Waals surface area contributed by atoms with Crippen molar-refractivity contribution in [3.05, 3.63) is 57.6 Å². The molecule has 3 rings (SSSR count). The SMILES string of the molecule is CNS(=O)(=O)c1ccc(N/N=C2\C(=O)Nc3ccc([N+](=O)[O-])c(C)c32)cc1. The predicted molar refractivity (Wildman–Crippen MR) is 99.3 cm³/mol. The van der Waals surface area contributed by atoms with Crippen LogP contribution in [0.1, 0.15) is 11.1 Å². The second-order valence-corrected chi connectivity index (χ2v) is 7.53. The van der Waals surface area contributed by atoms with Gasteiger partial charge in [0.05, 0.1) is 21.2 Å². The van der Waals surface area contributed by atoms with E-state index < -0.39 is 20.9 Å². The van der Waals surface area contributed by atoms with Crippen molar-refractivity contribution < 1.29 is 18.1 Å². The molecule has 1 heterocycles. The van der Waals surface area contributed by atoms with Crippen molar-refractivity contribution >= 4 is 38.7 Å². The number of nitrogens with zero attached hydrogens (tertiary/aromatic N) is 2. The fourth-order valence-corrected chi connectivity index (χ4v) is 3.39. The quantitative estimate of drug-likeness (QED) is 0.523. The summed E-state index contributed by atoms with van der Waals surface area (Å²) in [7, 11) is -2.24. The lowest BCUT2D eigenvalue weighted by Crippen LogP contribution is -2.18. The average Bonchev–Trinajstić information content (AvgIpc) is 2.96. The number of anilines is 2. The van der Waals surface area contributed by atoms with Gasteiger partial charge in [0.1, 0.15) is 0 Å². The number of hydrogen-bond donors (Lipinski definition) is 3. The van der Waals surface area contributed by atoms with Crippen LogP contribution in [0.3, 0.4) is 0 Å². The number of nitro groups is 1. The molecule has 10 nitrogen and oxygen atoms in total. The molecule has 0 saturated carbocycles. The summed E-state index contributed by atoms with van der Waals surface area (Å²) in [5.74, 6) is -0.490. The summed E-state index contributed by atoms with van der Waals surface area (Å²) in [4.78, 5) is 22.8.